The van der Waals surface area contributed by atoms with Crippen LogP contribution < -0.4 is 0 Å². The van der Waals surface area contributed by atoms with Crippen LogP contribution in [0, 0.1) is 0 Å². The van der Waals surface area contributed by atoms with Gasteiger partial charge in [0.2, 0.25) is 5.78 Å². The summed E-state index contributed by atoms with van der Waals surface area (Å²) in [6.45, 7) is 0. The van der Waals surface area contributed by atoms with Gasteiger partial charge in [-0.25, -0.2) is 9.97 Å². The first kappa shape index (κ1) is 14.2. The Balaban J connectivity index is 2.37. The van der Waals surface area contributed by atoms with Crippen LogP contribution in [0.5, 0.6) is 0 Å². The van der Waals surface area contributed by atoms with E-state index in [4.69, 9.17) is 23.2 Å². The molecule has 0 unspecified atom stereocenters. The molecule has 0 amide bonds. The molecule has 0 aliphatic carbocycles. The van der Waals surface area contributed by atoms with E-state index in [-0.39, 0.29) is 32.0 Å². The van der Waals surface area contributed by atoms with Crippen molar-refractivity contribution in [1.29, 1.82) is 0 Å². The zero-order chi connectivity index (χ0) is 14.2. The fourth-order valence-electron chi connectivity index (χ4n) is 1.21. The standard InChI is InChI=1S/C10H3Cl2F3N2OS/c11-4-1-5(12)7(16-2-4)8(18)6-3-17-9(19-6)10(13,14)15/h1-3H. The second-order valence-corrected chi connectivity index (χ2v) is 5.21. The molecule has 0 saturated carbocycles. The quantitative estimate of drug-likeness (QED) is 0.780. The van der Waals surface area contributed by atoms with E-state index in [1.807, 2.05) is 0 Å². The van der Waals surface area contributed by atoms with Gasteiger partial charge in [-0.15, -0.1) is 11.3 Å². The summed E-state index contributed by atoms with van der Waals surface area (Å²) in [6.07, 6.45) is -2.55. The van der Waals surface area contributed by atoms with Gasteiger partial charge in [-0.1, -0.05) is 23.2 Å². The van der Waals surface area contributed by atoms with Crippen LogP contribution in [0.2, 0.25) is 10.0 Å². The summed E-state index contributed by atoms with van der Waals surface area (Å²) in [5, 5.41) is -0.901. The number of nitrogens with zero attached hydrogens (tertiary/aromatic N) is 2. The topological polar surface area (TPSA) is 42.9 Å². The maximum atomic E-state index is 12.4. The molecule has 3 nitrogen and oxygen atoms in total. The molecule has 0 bridgehead atoms. The molecule has 0 radical (unpaired) electrons. The lowest BCUT2D eigenvalue weighted by atomic mass is 10.2. The average molecular weight is 327 g/mol. The molecule has 2 aromatic rings. The summed E-state index contributed by atoms with van der Waals surface area (Å²) in [5.41, 5.74) is -0.163. The van der Waals surface area contributed by atoms with Crippen LogP contribution in [-0.4, -0.2) is 15.8 Å². The molecule has 0 atom stereocenters. The molecular weight excluding hydrogens is 324 g/mol. The second-order valence-electron chi connectivity index (χ2n) is 3.34. The Morgan fingerprint density at radius 2 is 1.89 bits per heavy atom. The van der Waals surface area contributed by atoms with Crippen LogP contribution in [0.15, 0.2) is 18.5 Å². The van der Waals surface area contributed by atoms with Crippen molar-refractivity contribution in [2.45, 2.75) is 6.18 Å². The smallest absolute Gasteiger partial charge is 0.286 e. The minimum absolute atomic E-state index is 0.0283. The van der Waals surface area contributed by atoms with Crippen LogP contribution >= 0.6 is 34.5 Å². The fourth-order valence-corrected chi connectivity index (χ4v) is 2.40. The highest BCUT2D eigenvalue weighted by Crippen LogP contribution is 2.33. The van der Waals surface area contributed by atoms with Gasteiger partial charge in [0.25, 0.3) is 0 Å². The van der Waals surface area contributed by atoms with Crippen molar-refractivity contribution in [2.24, 2.45) is 0 Å². The number of carbonyl (C=O) groups is 1. The number of halogens is 5. The van der Waals surface area contributed by atoms with E-state index in [0.717, 1.165) is 6.20 Å². The monoisotopic (exact) mass is 326 g/mol. The van der Waals surface area contributed by atoms with Crippen molar-refractivity contribution in [3.63, 3.8) is 0 Å². The van der Waals surface area contributed by atoms with Crippen LogP contribution in [0.3, 0.4) is 0 Å². The Bertz CT molecular complexity index is 642. The third kappa shape index (κ3) is 3.05. The Morgan fingerprint density at radius 1 is 1.21 bits per heavy atom. The van der Waals surface area contributed by atoms with E-state index in [9.17, 15) is 18.0 Å². The van der Waals surface area contributed by atoms with Gasteiger partial charge in [0.1, 0.15) is 5.69 Å². The summed E-state index contributed by atoms with van der Waals surface area (Å²) >= 11 is 11.6. The number of rotatable bonds is 2. The van der Waals surface area contributed by atoms with E-state index in [1.54, 1.807) is 0 Å². The minimum atomic E-state index is -4.58. The molecule has 0 fully saturated rings. The first-order valence-corrected chi connectivity index (χ1v) is 6.25. The number of alkyl halides is 3. The number of carbonyl (C=O) groups excluding carboxylic acids is 1. The van der Waals surface area contributed by atoms with Gasteiger partial charge in [0, 0.05) is 12.4 Å². The summed E-state index contributed by atoms with van der Waals surface area (Å²) in [4.78, 5) is 18.6. The highest BCUT2D eigenvalue weighted by atomic mass is 35.5. The third-order valence-electron chi connectivity index (χ3n) is 1.99. The molecular formula is C10H3Cl2F3N2OS. The lowest BCUT2D eigenvalue weighted by Crippen LogP contribution is -2.04. The van der Waals surface area contributed by atoms with Crippen molar-refractivity contribution < 1.29 is 18.0 Å². The largest absolute Gasteiger partial charge is 0.443 e. The predicted octanol–water partition coefficient (Wildman–Crippen LogP) is 4.09. The first-order chi connectivity index (χ1) is 8.79. The Hall–Kier alpha value is -1.18. The van der Waals surface area contributed by atoms with Gasteiger partial charge in [-0.05, 0) is 6.07 Å². The summed E-state index contributed by atoms with van der Waals surface area (Å²) in [7, 11) is 0. The third-order valence-corrected chi connectivity index (χ3v) is 3.53. The van der Waals surface area contributed by atoms with Crippen molar-refractivity contribution in [2.75, 3.05) is 0 Å². The molecule has 19 heavy (non-hydrogen) atoms. The van der Waals surface area contributed by atoms with Gasteiger partial charge in [-0.3, -0.25) is 4.79 Å². The van der Waals surface area contributed by atoms with Crippen LogP contribution in [0.4, 0.5) is 13.2 Å². The molecule has 2 aromatic heterocycles. The van der Waals surface area contributed by atoms with E-state index >= 15 is 0 Å². The highest BCUT2D eigenvalue weighted by Gasteiger charge is 2.35. The Morgan fingerprint density at radius 3 is 2.42 bits per heavy atom. The summed E-state index contributed by atoms with van der Waals surface area (Å²) < 4.78 is 37.1. The van der Waals surface area contributed by atoms with Gasteiger partial charge in [-0.2, -0.15) is 13.2 Å². The number of hydrogen-bond donors (Lipinski definition) is 0. The summed E-state index contributed by atoms with van der Waals surface area (Å²) in [6, 6.07) is 1.29. The maximum absolute atomic E-state index is 12.4. The molecule has 0 spiro atoms. The Kier molecular flexibility index (Phi) is 3.80. The van der Waals surface area contributed by atoms with Crippen LogP contribution in [0.25, 0.3) is 0 Å². The van der Waals surface area contributed by atoms with Gasteiger partial charge in [0.15, 0.2) is 5.01 Å². The zero-order valence-corrected chi connectivity index (χ0v) is 11.2. The van der Waals surface area contributed by atoms with E-state index in [0.29, 0.717) is 0 Å². The number of pyridine rings is 1. The average Bonchev–Trinajstić information content (AvgIpc) is 2.76. The van der Waals surface area contributed by atoms with E-state index in [1.165, 1.54) is 12.3 Å². The van der Waals surface area contributed by atoms with Crippen molar-refractivity contribution >= 4 is 40.3 Å². The van der Waals surface area contributed by atoms with Crippen molar-refractivity contribution in [3.8, 4) is 0 Å². The highest BCUT2D eigenvalue weighted by molar-refractivity contribution is 7.14. The SMILES string of the molecule is O=C(c1cnc(C(F)(F)F)s1)c1ncc(Cl)cc1Cl. The number of ketones is 1. The molecule has 0 saturated heterocycles. The molecule has 100 valence electrons. The number of thiazole rings is 1. The van der Waals surface area contributed by atoms with Crippen LogP contribution in [-0.2, 0) is 6.18 Å². The molecule has 0 aromatic carbocycles. The van der Waals surface area contributed by atoms with Crippen LogP contribution in [0.1, 0.15) is 20.4 Å². The molecule has 2 heterocycles. The first-order valence-electron chi connectivity index (χ1n) is 4.68. The van der Waals surface area contributed by atoms with Gasteiger partial charge < -0.3 is 0 Å². The zero-order valence-electron chi connectivity index (χ0n) is 8.83. The Labute approximate surface area is 119 Å². The van der Waals surface area contributed by atoms with Crippen molar-refractivity contribution in [1.82, 2.24) is 9.97 Å². The minimum Gasteiger partial charge on any atom is -0.286 e. The molecule has 9 heteroatoms. The molecule has 0 aliphatic rings. The number of hydrogen-bond acceptors (Lipinski definition) is 4. The molecule has 2 rings (SSSR count). The fraction of sp³-hybridized carbons (Fsp3) is 0.100. The van der Waals surface area contributed by atoms with Gasteiger partial charge >= 0.3 is 6.18 Å². The van der Waals surface area contributed by atoms with Gasteiger partial charge in [0.05, 0.1) is 14.9 Å². The molecule has 0 aliphatic heterocycles. The summed E-state index contributed by atoms with van der Waals surface area (Å²) in [5.74, 6) is -0.727. The lowest BCUT2D eigenvalue weighted by molar-refractivity contribution is -0.137. The van der Waals surface area contributed by atoms with E-state index < -0.39 is 17.0 Å². The second kappa shape index (κ2) is 5.07. The lowest BCUT2D eigenvalue weighted by Gasteiger charge is -2.01. The number of aromatic nitrogens is 2. The normalized spacial score (nSPS) is 11.6. The van der Waals surface area contributed by atoms with E-state index in [2.05, 4.69) is 9.97 Å². The maximum Gasteiger partial charge on any atom is 0.443 e. The van der Waals surface area contributed by atoms with Crippen molar-refractivity contribution in [3.05, 3.63) is 44.1 Å². The predicted molar refractivity (Wildman–Crippen MR) is 64.8 cm³/mol. The molecule has 0 N–H and O–H groups in total.